The maximum atomic E-state index is 4.57. The number of piperazine rings is 3. The van der Waals surface area contributed by atoms with Gasteiger partial charge in [-0.15, -0.1) is 0 Å². The van der Waals surface area contributed by atoms with Gasteiger partial charge in [0.15, 0.2) is 5.96 Å². The number of aliphatic imine (C=N–C) groups is 1. The first-order valence-electron chi connectivity index (χ1n) is 10.3. The molecule has 1 N–H and O–H groups in total. The molecule has 1 atom stereocenters. The van der Waals surface area contributed by atoms with Crippen molar-refractivity contribution in [1.29, 1.82) is 0 Å². The number of hydrogen-bond acceptors (Lipinski definition) is 3. The quantitative estimate of drug-likeness (QED) is 0.656. The van der Waals surface area contributed by atoms with Crippen molar-refractivity contribution < 1.29 is 0 Å². The molecule has 0 aliphatic carbocycles. The number of hydrogen-bond donors (Lipinski definition) is 1. The Hall–Kier alpha value is -1.59. The van der Waals surface area contributed by atoms with Crippen molar-refractivity contribution in [3.63, 3.8) is 0 Å². The van der Waals surface area contributed by atoms with Crippen molar-refractivity contribution in [2.45, 2.75) is 25.3 Å². The minimum atomic E-state index is 0.643. The molecule has 5 nitrogen and oxygen atoms in total. The molecule has 0 saturated carbocycles. The van der Waals surface area contributed by atoms with Crippen LogP contribution in [0.15, 0.2) is 35.3 Å². The van der Waals surface area contributed by atoms with E-state index in [1.54, 1.807) is 0 Å². The van der Waals surface area contributed by atoms with Crippen LogP contribution in [0.1, 0.15) is 18.4 Å². The van der Waals surface area contributed by atoms with E-state index < -0.39 is 0 Å². The van der Waals surface area contributed by atoms with E-state index in [4.69, 9.17) is 0 Å². The molecule has 142 valence electrons. The average molecular weight is 356 g/mol. The molecule has 26 heavy (non-hydrogen) atoms. The van der Waals surface area contributed by atoms with Crippen LogP contribution in [0.5, 0.6) is 0 Å². The van der Waals surface area contributed by atoms with Gasteiger partial charge in [-0.1, -0.05) is 30.3 Å². The van der Waals surface area contributed by atoms with E-state index in [-0.39, 0.29) is 0 Å². The van der Waals surface area contributed by atoms with Crippen LogP contribution in [-0.2, 0) is 6.42 Å². The van der Waals surface area contributed by atoms with E-state index in [0.717, 1.165) is 31.5 Å². The third-order valence-electron chi connectivity index (χ3n) is 6.38. The molecular weight excluding hydrogens is 322 g/mol. The van der Waals surface area contributed by atoms with Crippen molar-refractivity contribution in [1.82, 2.24) is 20.0 Å². The zero-order valence-electron chi connectivity index (χ0n) is 16.1. The zero-order valence-corrected chi connectivity index (χ0v) is 16.1. The highest BCUT2D eigenvalue weighted by molar-refractivity contribution is 5.80. The minimum absolute atomic E-state index is 0.643. The Morgan fingerprint density at radius 1 is 1.04 bits per heavy atom. The van der Waals surface area contributed by atoms with Crippen LogP contribution in [-0.4, -0.2) is 86.1 Å². The van der Waals surface area contributed by atoms with Crippen LogP contribution in [0.4, 0.5) is 0 Å². The lowest BCUT2D eigenvalue weighted by Crippen LogP contribution is -2.64. The summed E-state index contributed by atoms with van der Waals surface area (Å²) in [6.07, 6.45) is 3.74. The molecule has 0 amide bonds. The summed E-state index contributed by atoms with van der Waals surface area (Å²) in [5, 5.41) is 3.67. The molecule has 0 radical (unpaired) electrons. The van der Waals surface area contributed by atoms with Crippen molar-refractivity contribution in [3.8, 4) is 0 Å². The summed E-state index contributed by atoms with van der Waals surface area (Å²) in [5.74, 6) is 1.90. The first kappa shape index (κ1) is 17.8. The molecule has 4 aliphatic heterocycles. The van der Waals surface area contributed by atoms with Crippen LogP contribution >= 0.6 is 0 Å². The lowest BCUT2D eigenvalue weighted by atomic mass is 9.90. The van der Waals surface area contributed by atoms with Gasteiger partial charge < -0.3 is 10.2 Å². The van der Waals surface area contributed by atoms with Gasteiger partial charge in [-0.25, -0.2) is 0 Å². The summed E-state index contributed by atoms with van der Waals surface area (Å²) in [7, 11) is 1.93. The number of rotatable bonds is 4. The lowest BCUT2D eigenvalue weighted by molar-refractivity contribution is 0.0151. The number of piperidine rings is 1. The maximum Gasteiger partial charge on any atom is 0.193 e. The number of guanidine groups is 1. The fraction of sp³-hybridized carbons (Fsp3) is 0.667. The molecule has 4 saturated heterocycles. The summed E-state index contributed by atoms with van der Waals surface area (Å²) in [5.41, 5.74) is 1.48. The predicted molar refractivity (Wildman–Crippen MR) is 108 cm³/mol. The van der Waals surface area contributed by atoms with E-state index in [2.05, 4.69) is 55.3 Å². The molecule has 0 aromatic heterocycles. The Morgan fingerprint density at radius 2 is 1.77 bits per heavy atom. The highest BCUT2D eigenvalue weighted by Gasteiger charge is 2.32. The fourth-order valence-corrected chi connectivity index (χ4v) is 4.76. The van der Waals surface area contributed by atoms with E-state index >= 15 is 0 Å². The standard InChI is InChI=1S/C21H33N5/c1-22-21(23-16-20-17-24-11-13-25(20)14-12-24)26-9-7-19(8-10-26)15-18-5-3-2-4-6-18/h2-6,19-20H,7-17H2,1H3,(H,22,23). The van der Waals surface area contributed by atoms with Gasteiger partial charge in [-0.3, -0.25) is 14.8 Å². The first-order valence-corrected chi connectivity index (χ1v) is 10.3. The normalized spacial score (nSPS) is 29.8. The van der Waals surface area contributed by atoms with Gasteiger partial charge >= 0.3 is 0 Å². The van der Waals surface area contributed by atoms with Crippen molar-refractivity contribution in [3.05, 3.63) is 35.9 Å². The van der Waals surface area contributed by atoms with Gasteiger partial charge in [-0.05, 0) is 30.7 Å². The number of nitrogens with zero attached hydrogens (tertiary/aromatic N) is 4. The smallest absolute Gasteiger partial charge is 0.193 e. The van der Waals surface area contributed by atoms with Crippen molar-refractivity contribution >= 4 is 5.96 Å². The summed E-state index contributed by atoms with van der Waals surface area (Å²) in [4.78, 5) is 12.3. The third-order valence-corrected chi connectivity index (χ3v) is 6.38. The maximum absolute atomic E-state index is 4.57. The summed E-state index contributed by atoms with van der Waals surface area (Å²) in [6, 6.07) is 11.6. The number of fused-ring (bicyclic) bond motifs is 3. The minimum Gasteiger partial charge on any atom is -0.355 e. The van der Waals surface area contributed by atoms with E-state index in [9.17, 15) is 0 Å². The summed E-state index contributed by atoms with van der Waals surface area (Å²) < 4.78 is 0. The van der Waals surface area contributed by atoms with Crippen LogP contribution in [0.3, 0.4) is 0 Å². The number of likely N-dealkylation sites (tertiary alicyclic amines) is 1. The van der Waals surface area contributed by atoms with Crippen LogP contribution in [0.25, 0.3) is 0 Å². The first-order chi connectivity index (χ1) is 12.8. The van der Waals surface area contributed by atoms with E-state index in [1.165, 1.54) is 57.5 Å². The summed E-state index contributed by atoms with van der Waals surface area (Å²) >= 11 is 0. The van der Waals surface area contributed by atoms with Gasteiger partial charge in [0.05, 0.1) is 0 Å². The van der Waals surface area contributed by atoms with Crippen LogP contribution < -0.4 is 5.32 Å². The largest absolute Gasteiger partial charge is 0.355 e. The third kappa shape index (κ3) is 4.21. The van der Waals surface area contributed by atoms with Gasteiger partial charge in [0.2, 0.25) is 0 Å². The van der Waals surface area contributed by atoms with Crippen molar-refractivity contribution in [2.24, 2.45) is 10.9 Å². The fourth-order valence-electron chi connectivity index (χ4n) is 4.76. The second-order valence-corrected chi connectivity index (χ2v) is 8.04. The lowest BCUT2D eigenvalue weighted by Gasteiger charge is -2.47. The molecular formula is C21H33N5. The molecule has 2 bridgehead atoms. The SMILES string of the molecule is CN=C(NCC1CN2CCN1CC2)N1CCC(Cc2ccccc2)CC1. The Kier molecular flexibility index (Phi) is 5.75. The van der Waals surface area contributed by atoms with Crippen LogP contribution in [0.2, 0.25) is 0 Å². The highest BCUT2D eigenvalue weighted by atomic mass is 15.4. The predicted octanol–water partition coefficient (Wildman–Crippen LogP) is 1.52. The number of nitrogens with one attached hydrogen (secondary N) is 1. The highest BCUT2D eigenvalue weighted by Crippen LogP contribution is 2.22. The Morgan fingerprint density at radius 3 is 2.38 bits per heavy atom. The van der Waals surface area contributed by atoms with Crippen LogP contribution in [0, 0.1) is 5.92 Å². The van der Waals surface area contributed by atoms with Gasteiger partial charge in [0, 0.05) is 65.4 Å². The molecule has 1 aromatic carbocycles. The molecule has 1 unspecified atom stereocenters. The van der Waals surface area contributed by atoms with E-state index in [1.807, 2.05) is 7.05 Å². The summed E-state index contributed by atoms with van der Waals surface area (Å²) in [6.45, 7) is 9.44. The molecule has 4 heterocycles. The Bertz CT molecular complexity index is 586. The molecule has 4 aliphatic rings. The second kappa shape index (κ2) is 8.40. The molecule has 1 aromatic rings. The number of benzene rings is 1. The molecule has 0 spiro atoms. The van der Waals surface area contributed by atoms with Gasteiger partial charge in [-0.2, -0.15) is 0 Å². The van der Waals surface area contributed by atoms with Gasteiger partial charge in [0.1, 0.15) is 0 Å². The second-order valence-electron chi connectivity index (χ2n) is 8.04. The molecule has 5 heteroatoms. The van der Waals surface area contributed by atoms with Gasteiger partial charge in [0.25, 0.3) is 0 Å². The topological polar surface area (TPSA) is 34.1 Å². The average Bonchev–Trinajstić information content (AvgIpc) is 2.71. The van der Waals surface area contributed by atoms with E-state index in [0.29, 0.717) is 6.04 Å². The monoisotopic (exact) mass is 355 g/mol. The zero-order chi connectivity index (χ0) is 17.8. The Labute approximate surface area is 158 Å². The molecule has 4 fully saturated rings. The Balaban J connectivity index is 1.23. The molecule has 5 rings (SSSR count). The van der Waals surface area contributed by atoms with Crippen molar-refractivity contribution in [2.75, 3.05) is 59.4 Å².